The Morgan fingerprint density at radius 3 is 2.52 bits per heavy atom. The minimum atomic E-state index is -1.70. The first-order valence-electron chi connectivity index (χ1n) is 7.81. The molecule has 0 saturated heterocycles. The number of nitrogen functional groups attached to an aromatic ring is 1. The van der Waals surface area contributed by atoms with Crippen molar-refractivity contribution in [3.63, 3.8) is 0 Å². The molecule has 0 amide bonds. The van der Waals surface area contributed by atoms with E-state index in [2.05, 4.69) is 25.3 Å². The van der Waals surface area contributed by atoms with Crippen molar-refractivity contribution in [1.82, 2.24) is 19.9 Å². The van der Waals surface area contributed by atoms with Crippen molar-refractivity contribution in [3.8, 4) is 10.6 Å². The summed E-state index contributed by atoms with van der Waals surface area (Å²) in [6.45, 7) is 4.69. The highest BCUT2D eigenvalue weighted by atomic mass is 32.1. The summed E-state index contributed by atoms with van der Waals surface area (Å²) in [4.78, 5) is 16.7. The van der Waals surface area contributed by atoms with Gasteiger partial charge in [0.05, 0.1) is 11.7 Å². The molecule has 3 N–H and O–H groups in total. The summed E-state index contributed by atoms with van der Waals surface area (Å²) in [7, 11) is 0. The minimum Gasteiger partial charge on any atom is -0.368 e. The zero-order chi connectivity index (χ0) is 18.0. The van der Waals surface area contributed by atoms with Crippen molar-refractivity contribution in [2.75, 3.05) is 11.1 Å². The Labute approximate surface area is 149 Å². The van der Waals surface area contributed by atoms with Gasteiger partial charge in [-0.05, 0) is 20.8 Å². The zero-order valence-electron chi connectivity index (χ0n) is 14.2. The van der Waals surface area contributed by atoms with Crippen LogP contribution in [0.1, 0.15) is 38.3 Å². The minimum absolute atomic E-state index is 0.00190. The molecule has 25 heavy (non-hydrogen) atoms. The van der Waals surface area contributed by atoms with Crippen LogP contribution in [-0.4, -0.2) is 19.9 Å². The summed E-state index contributed by atoms with van der Waals surface area (Å²) in [6.07, 6.45) is 0. The van der Waals surface area contributed by atoms with Crippen LogP contribution in [0, 0.1) is 0 Å². The maximum absolute atomic E-state index is 14.1. The van der Waals surface area contributed by atoms with E-state index in [0.717, 1.165) is 16.3 Å². The zero-order valence-corrected chi connectivity index (χ0v) is 15.0. The van der Waals surface area contributed by atoms with Crippen LogP contribution >= 0.6 is 11.3 Å². The largest absolute Gasteiger partial charge is 0.368 e. The van der Waals surface area contributed by atoms with E-state index in [0.29, 0.717) is 0 Å². The molecular formula is C17H19FN6S. The molecule has 2 aromatic heterocycles. The van der Waals surface area contributed by atoms with Crippen molar-refractivity contribution in [3.05, 3.63) is 47.2 Å². The molecule has 0 fully saturated rings. The molecule has 0 aliphatic heterocycles. The van der Waals surface area contributed by atoms with Gasteiger partial charge >= 0.3 is 0 Å². The van der Waals surface area contributed by atoms with Crippen LogP contribution in [0.4, 0.5) is 16.3 Å². The molecule has 0 saturated carbocycles. The van der Waals surface area contributed by atoms with Gasteiger partial charge in [0, 0.05) is 10.9 Å². The van der Waals surface area contributed by atoms with Gasteiger partial charge < -0.3 is 11.1 Å². The van der Waals surface area contributed by atoms with Crippen LogP contribution in [0.2, 0.25) is 0 Å². The molecule has 130 valence electrons. The van der Waals surface area contributed by atoms with Gasteiger partial charge in [-0.1, -0.05) is 30.3 Å². The van der Waals surface area contributed by atoms with Gasteiger partial charge in [0.1, 0.15) is 5.01 Å². The molecule has 3 aromatic rings. The number of nitrogens with two attached hydrogens (primary N) is 1. The average Bonchev–Trinajstić information content (AvgIpc) is 3.04. The standard InChI is InChI=1S/C17H19FN6S/c1-10(12-9-25-13(21-12)11-7-5-4-6-8-11)20-16-23-14(17(2,3)18)22-15(19)24-16/h4-10H,1-3H3,(H3,19,20,22,23,24). The number of nitrogens with zero attached hydrogens (tertiary/aromatic N) is 4. The number of hydrogen-bond acceptors (Lipinski definition) is 7. The highest BCUT2D eigenvalue weighted by Gasteiger charge is 2.24. The van der Waals surface area contributed by atoms with Crippen molar-refractivity contribution in [1.29, 1.82) is 0 Å². The van der Waals surface area contributed by atoms with Gasteiger partial charge in [-0.2, -0.15) is 15.0 Å². The number of benzene rings is 1. The van der Waals surface area contributed by atoms with Crippen LogP contribution in [0.3, 0.4) is 0 Å². The van der Waals surface area contributed by atoms with E-state index in [9.17, 15) is 4.39 Å². The molecule has 0 aliphatic rings. The van der Waals surface area contributed by atoms with Crippen LogP contribution in [-0.2, 0) is 5.67 Å². The number of rotatable bonds is 5. The average molecular weight is 358 g/mol. The van der Waals surface area contributed by atoms with Crippen molar-refractivity contribution < 1.29 is 4.39 Å². The van der Waals surface area contributed by atoms with Gasteiger partial charge in [-0.3, -0.25) is 0 Å². The molecule has 2 heterocycles. The SMILES string of the molecule is CC(Nc1nc(N)nc(C(C)(C)F)n1)c1csc(-c2ccccc2)n1. The fourth-order valence-electron chi connectivity index (χ4n) is 2.19. The third kappa shape index (κ3) is 4.08. The van der Waals surface area contributed by atoms with E-state index in [1.54, 1.807) is 11.3 Å². The summed E-state index contributed by atoms with van der Waals surface area (Å²) in [5.74, 6) is 0.210. The quantitative estimate of drug-likeness (QED) is 0.718. The fourth-order valence-corrected chi connectivity index (χ4v) is 3.11. The molecule has 0 aliphatic carbocycles. The molecule has 1 aromatic carbocycles. The van der Waals surface area contributed by atoms with Crippen molar-refractivity contribution in [2.24, 2.45) is 0 Å². The van der Waals surface area contributed by atoms with Gasteiger partial charge in [-0.15, -0.1) is 11.3 Å². The Morgan fingerprint density at radius 1 is 1.12 bits per heavy atom. The monoisotopic (exact) mass is 358 g/mol. The van der Waals surface area contributed by atoms with Crippen LogP contribution in [0.15, 0.2) is 35.7 Å². The van der Waals surface area contributed by atoms with E-state index in [1.807, 2.05) is 42.6 Å². The van der Waals surface area contributed by atoms with E-state index in [1.165, 1.54) is 13.8 Å². The lowest BCUT2D eigenvalue weighted by molar-refractivity contribution is 0.206. The summed E-state index contributed by atoms with van der Waals surface area (Å²) in [6, 6.07) is 9.80. The molecule has 8 heteroatoms. The first-order chi connectivity index (χ1) is 11.8. The van der Waals surface area contributed by atoms with E-state index in [-0.39, 0.29) is 23.8 Å². The summed E-state index contributed by atoms with van der Waals surface area (Å²) in [5.41, 5.74) is 5.89. The molecule has 0 bridgehead atoms. The highest BCUT2D eigenvalue weighted by molar-refractivity contribution is 7.13. The summed E-state index contributed by atoms with van der Waals surface area (Å²) in [5, 5.41) is 6.02. The molecule has 3 rings (SSSR count). The van der Waals surface area contributed by atoms with E-state index in [4.69, 9.17) is 5.73 Å². The number of nitrogens with one attached hydrogen (secondary N) is 1. The highest BCUT2D eigenvalue weighted by Crippen LogP contribution is 2.28. The molecule has 1 atom stereocenters. The second kappa shape index (κ2) is 6.72. The Bertz CT molecular complexity index is 859. The smallest absolute Gasteiger partial charge is 0.228 e. The van der Waals surface area contributed by atoms with Gasteiger partial charge in [0.25, 0.3) is 0 Å². The molecule has 0 spiro atoms. The molecular weight excluding hydrogens is 339 g/mol. The maximum Gasteiger partial charge on any atom is 0.228 e. The third-order valence-electron chi connectivity index (χ3n) is 3.52. The lowest BCUT2D eigenvalue weighted by Gasteiger charge is -2.16. The van der Waals surface area contributed by atoms with Crippen LogP contribution in [0.5, 0.6) is 0 Å². The van der Waals surface area contributed by atoms with Gasteiger partial charge in [0.15, 0.2) is 11.5 Å². The van der Waals surface area contributed by atoms with Gasteiger partial charge in [-0.25, -0.2) is 9.37 Å². The van der Waals surface area contributed by atoms with Gasteiger partial charge in [0.2, 0.25) is 11.9 Å². The summed E-state index contributed by atoms with van der Waals surface area (Å²) < 4.78 is 14.1. The number of anilines is 2. The number of thiazole rings is 1. The topological polar surface area (TPSA) is 89.6 Å². The molecule has 1 unspecified atom stereocenters. The van der Waals surface area contributed by atoms with E-state index < -0.39 is 5.67 Å². The van der Waals surface area contributed by atoms with Crippen molar-refractivity contribution in [2.45, 2.75) is 32.5 Å². The maximum atomic E-state index is 14.1. The first-order valence-corrected chi connectivity index (χ1v) is 8.69. The number of halogens is 1. The Kier molecular flexibility index (Phi) is 4.63. The van der Waals surface area contributed by atoms with Crippen LogP contribution < -0.4 is 11.1 Å². The summed E-state index contributed by atoms with van der Waals surface area (Å²) >= 11 is 1.56. The number of alkyl halides is 1. The third-order valence-corrected chi connectivity index (χ3v) is 4.43. The number of aromatic nitrogens is 4. The Hall–Kier alpha value is -2.61. The van der Waals surface area contributed by atoms with E-state index >= 15 is 0 Å². The normalized spacial score (nSPS) is 12.8. The lowest BCUT2D eigenvalue weighted by atomic mass is 10.1. The second-order valence-electron chi connectivity index (χ2n) is 6.12. The fraction of sp³-hybridized carbons (Fsp3) is 0.294. The predicted molar refractivity (Wildman–Crippen MR) is 98.0 cm³/mol. The van der Waals surface area contributed by atoms with Crippen LogP contribution in [0.25, 0.3) is 10.6 Å². The Balaban J connectivity index is 1.80. The first kappa shape index (κ1) is 17.2. The molecule has 0 radical (unpaired) electrons. The van der Waals surface area contributed by atoms with Crippen molar-refractivity contribution >= 4 is 23.2 Å². The number of hydrogen-bond donors (Lipinski definition) is 2. The Morgan fingerprint density at radius 2 is 1.84 bits per heavy atom. The second-order valence-corrected chi connectivity index (χ2v) is 6.98. The predicted octanol–water partition coefficient (Wildman–Crippen LogP) is 3.96. The molecule has 6 nitrogen and oxygen atoms in total. The lowest BCUT2D eigenvalue weighted by Crippen LogP contribution is -2.19.